The summed E-state index contributed by atoms with van der Waals surface area (Å²) in [7, 11) is 0. The van der Waals surface area contributed by atoms with Crippen LogP contribution in [-0.4, -0.2) is 35.1 Å². The van der Waals surface area contributed by atoms with Crippen molar-refractivity contribution in [2.45, 2.75) is 25.8 Å². The molecule has 21 heavy (non-hydrogen) atoms. The van der Waals surface area contributed by atoms with Crippen LogP contribution in [0.1, 0.15) is 19.3 Å². The van der Waals surface area contributed by atoms with Crippen LogP contribution in [0.4, 0.5) is 0 Å². The Balaban J connectivity index is 1.43. The number of rotatable bonds is 6. The summed E-state index contributed by atoms with van der Waals surface area (Å²) in [6.07, 6.45) is 4.62. The van der Waals surface area contributed by atoms with Gasteiger partial charge in [-0.2, -0.15) is 0 Å². The fourth-order valence-electron chi connectivity index (χ4n) is 2.88. The molecule has 5 heteroatoms. The second kappa shape index (κ2) is 6.72. The molecule has 112 valence electrons. The number of nitrogens with one attached hydrogen (secondary N) is 2. The van der Waals surface area contributed by atoms with Gasteiger partial charge in [-0.25, -0.2) is 4.98 Å². The molecule has 1 fully saturated rings. The largest absolute Gasteiger partial charge is 0.356 e. The lowest BCUT2D eigenvalue weighted by Crippen LogP contribution is -2.27. The summed E-state index contributed by atoms with van der Waals surface area (Å²) in [4.78, 5) is 16.2. The molecule has 1 aliphatic rings. The number of amides is 1. The normalized spacial score (nSPS) is 18.2. The van der Waals surface area contributed by atoms with Crippen molar-refractivity contribution in [3.05, 3.63) is 30.6 Å². The lowest BCUT2D eigenvalue weighted by atomic mass is 10.1. The molecule has 1 aliphatic heterocycles. The van der Waals surface area contributed by atoms with Gasteiger partial charge in [0.25, 0.3) is 0 Å². The number of fused-ring (bicyclic) bond motifs is 1. The lowest BCUT2D eigenvalue weighted by Gasteiger charge is -2.09. The molecule has 0 aliphatic carbocycles. The zero-order valence-electron chi connectivity index (χ0n) is 12.2. The van der Waals surface area contributed by atoms with Gasteiger partial charge < -0.3 is 15.2 Å². The number of para-hydroxylation sites is 2. The highest BCUT2D eigenvalue weighted by Crippen LogP contribution is 2.12. The van der Waals surface area contributed by atoms with Crippen LogP contribution in [0.15, 0.2) is 30.6 Å². The van der Waals surface area contributed by atoms with E-state index in [0.717, 1.165) is 43.0 Å². The van der Waals surface area contributed by atoms with Gasteiger partial charge in [-0.1, -0.05) is 12.1 Å². The molecule has 1 saturated heterocycles. The minimum atomic E-state index is 0.124. The average Bonchev–Trinajstić information content (AvgIpc) is 3.14. The van der Waals surface area contributed by atoms with Gasteiger partial charge in [-0.15, -0.1) is 0 Å². The number of imidazole rings is 1. The fourth-order valence-corrected chi connectivity index (χ4v) is 2.88. The summed E-state index contributed by atoms with van der Waals surface area (Å²) < 4.78 is 2.04. The topological polar surface area (TPSA) is 59.0 Å². The Morgan fingerprint density at radius 2 is 2.33 bits per heavy atom. The number of aromatic nitrogens is 2. The predicted octanol–water partition coefficient (Wildman–Crippen LogP) is 1.54. The molecule has 0 bridgehead atoms. The Hall–Kier alpha value is -1.88. The molecule has 1 amide bonds. The van der Waals surface area contributed by atoms with Crippen molar-refractivity contribution < 1.29 is 4.79 Å². The number of aryl methyl sites for hydroxylation is 1. The van der Waals surface area contributed by atoms with Crippen molar-refractivity contribution in [3.63, 3.8) is 0 Å². The Bertz CT molecular complexity index is 601. The van der Waals surface area contributed by atoms with Gasteiger partial charge in [0.1, 0.15) is 0 Å². The zero-order valence-corrected chi connectivity index (χ0v) is 12.2. The minimum absolute atomic E-state index is 0.124. The fraction of sp³-hybridized carbons (Fsp3) is 0.500. The molecule has 0 saturated carbocycles. The third kappa shape index (κ3) is 3.61. The maximum atomic E-state index is 11.9. The third-order valence-corrected chi connectivity index (χ3v) is 4.14. The van der Waals surface area contributed by atoms with E-state index in [0.29, 0.717) is 13.0 Å². The van der Waals surface area contributed by atoms with E-state index >= 15 is 0 Å². The molecule has 1 aromatic heterocycles. The van der Waals surface area contributed by atoms with Gasteiger partial charge in [0.05, 0.1) is 17.4 Å². The molecule has 0 radical (unpaired) electrons. The molecule has 0 spiro atoms. The first-order valence-corrected chi connectivity index (χ1v) is 7.70. The van der Waals surface area contributed by atoms with Crippen LogP contribution in [0.25, 0.3) is 11.0 Å². The molecule has 2 aromatic rings. The second-order valence-electron chi connectivity index (χ2n) is 5.67. The minimum Gasteiger partial charge on any atom is -0.356 e. The van der Waals surface area contributed by atoms with Crippen molar-refractivity contribution in [2.24, 2.45) is 5.92 Å². The highest BCUT2D eigenvalue weighted by Gasteiger charge is 2.14. The number of nitrogens with zero attached hydrogens (tertiary/aromatic N) is 2. The van der Waals surface area contributed by atoms with Crippen LogP contribution in [0.5, 0.6) is 0 Å². The van der Waals surface area contributed by atoms with Crippen LogP contribution < -0.4 is 10.6 Å². The quantitative estimate of drug-likeness (QED) is 0.847. The summed E-state index contributed by atoms with van der Waals surface area (Å²) in [5.74, 6) is 0.849. The number of hydrogen-bond acceptors (Lipinski definition) is 3. The Morgan fingerprint density at radius 3 is 3.19 bits per heavy atom. The molecule has 2 N–H and O–H groups in total. The summed E-state index contributed by atoms with van der Waals surface area (Å²) in [6.45, 7) is 3.68. The number of carbonyl (C=O) groups excluding carboxylic acids is 1. The van der Waals surface area contributed by atoms with E-state index < -0.39 is 0 Å². The maximum Gasteiger partial charge on any atom is 0.221 e. The van der Waals surface area contributed by atoms with E-state index in [-0.39, 0.29) is 5.91 Å². The Labute approximate surface area is 124 Å². The molecule has 1 aromatic carbocycles. The summed E-state index contributed by atoms with van der Waals surface area (Å²) >= 11 is 0. The number of hydrogen-bond donors (Lipinski definition) is 2. The molecule has 1 atom stereocenters. The first kappa shape index (κ1) is 14.1. The van der Waals surface area contributed by atoms with Crippen molar-refractivity contribution in [1.29, 1.82) is 0 Å². The van der Waals surface area contributed by atoms with Crippen LogP contribution in [0, 0.1) is 5.92 Å². The van der Waals surface area contributed by atoms with E-state index in [1.807, 2.05) is 35.2 Å². The van der Waals surface area contributed by atoms with Crippen LogP contribution >= 0.6 is 0 Å². The summed E-state index contributed by atoms with van der Waals surface area (Å²) in [5, 5.41) is 6.37. The van der Waals surface area contributed by atoms with Crippen LogP contribution in [0.2, 0.25) is 0 Å². The van der Waals surface area contributed by atoms with E-state index in [1.165, 1.54) is 6.42 Å². The van der Waals surface area contributed by atoms with Crippen molar-refractivity contribution >= 4 is 16.9 Å². The van der Waals surface area contributed by atoms with E-state index in [1.54, 1.807) is 0 Å². The molecule has 1 unspecified atom stereocenters. The third-order valence-electron chi connectivity index (χ3n) is 4.14. The summed E-state index contributed by atoms with van der Waals surface area (Å²) in [6, 6.07) is 8.00. The smallest absolute Gasteiger partial charge is 0.221 e. The zero-order chi connectivity index (χ0) is 14.5. The average molecular weight is 286 g/mol. The van der Waals surface area contributed by atoms with Crippen molar-refractivity contribution in [2.75, 3.05) is 19.6 Å². The van der Waals surface area contributed by atoms with Gasteiger partial charge >= 0.3 is 0 Å². The number of carbonyl (C=O) groups is 1. The van der Waals surface area contributed by atoms with Crippen LogP contribution in [-0.2, 0) is 11.3 Å². The highest BCUT2D eigenvalue weighted by atomic mass is 16.1. The molecule has 2 heterocycles. The molecular formula is C16H22N4O. The van der Waals surface area contributed by atoms with Crippen LogP contribution in [0.3, 0.4) is 0 Å². The van der Waals surface area contributed by atoms with E-state index in [4.69, 9.17) is 0 Å². The molecular weight excluding hydrogens is 264 g/mol. The Morgan fingerprint density at radius 1 is 1.43 bits per heavy atom. The predicted molar refractivity (Wildman–Crippen MR) is 83.0 cm³/mol. The highest BCUT2D eigenvalue weighted by molar-refractivity contribution is 5.77. The van der Waals surface area contributed by atoms with E-state index in [9.17, 15) is 4.79 Å². The first-order chi connectivity index (χ1) is 10.3. The Kier molecular flexibility index (Phi) is 4.50. The van der Waals surface area contributed by atoms with Gasteiger partial charge in [-0.05, 0) is 44.0 Å². The van der Waals surface area contributed by atoms with Crippen molar-refractivity contribution in [3.8, 4) is 0 Å². The van der Waals surface area contributed by atoms with Gasteiger partial charge in [0, 0.05) is 19.5 Å². The maximum absolute atomic E-state index is 11.9. The standard InChI is InChI=1S/C16H22N4O/c21-16(18-9-6-13-5-8-17-11-13)7-10-20-12-19-14-3-1-2-4-15(14)20/h1-4,12-13,17H,5-11H2,(H,18,21). The van der Waals surface area contributed by atoms with Gasteiger partial charge in [0.15, 0.2) is 0 Å². The monoisotopic (exact) mass is 286 g/mol. The van der Waals surface area contributed by atoms with Crippen molar-refractivity contribution in [1.82, 2.24) is 20.2 Å². The molecule has 3 rings (SSSR count). The van der Waals surface area contributed by atoms with E-state index in [2.05, 4.69) is 15.6 Å². The second-order valence-corrected chi connectivity index (χ2v) is 5.67. The lowest BCUT2D eigenvalue weighted by molar-refractivity contribution is -0.121. The summed E-state index contributed by atoms with van der Waals surface area (Å²) in [5.41, 5.74) is 2.06. The van der Waals surface area contributed by atoms with Gasteiger partial charge in [0.2, 0.25) is 5.91 Å². The molecule has 5 nitrogen and oxygen atoms in total. The SMILES string of the molecule is O=C(CCn1cnc2ccccc21)NCCC1CCNC1. The van der Waals surface area contributed by atoms with Gasteiger partial charge in [-0.3, -0.25) is 4.79 Å². The number of benzene rings is 1. The first-order valence-electron chi connectivity index (χ1n) is 7.70.